The van der Waals surface area contributed by atoms with Gasteiger partial charge >= 0.3 is 6.03 Å². The third kappa shape index (κ3) is 4.42. The average molecular weight is 369 g/mol. The number of anilines is 2. The molecular formula is C15H17BrN2O4. The lowest BCUT2D eigenvalue weighted by atomic mass is 10.2. The molecule has 2 rings (SSSR count). The predicted octanol–water partition coefficient (Wildman–Crippen LogP) is 4.48. The van der Waals surface area contributed by atoms with Crippen molar-refractivity contribution in [2.24, 2.45) is 0 Å². The topological polar surface area (TPSA) is 72.7 Å². The van der Waals surface area contributed by atoms with Crippen molar-refractivity contribution < 1.29 is 18.7 Å². The van der Waals surface area contributed by atoms with E-state index in [-0.39, 0.29) is 0 Å². The number of halogens is 1. The molecule has 0 radical (unpaired) electrons. The highest BCUT2D eigenvalue weighted by molar-refractivity contribution is 9.10. The lowest BCUT2D eigenvalue weighted by Gasteiger charge is -2.13. The summed E-state index contributed by atoms with van der Waals surface area (Å²) in [7, 11) is 0. The summed E-state index contributed by atoms with van der Waals surface area (Å²) >= 11 is 3.17. The van der Waals surface area contributed by atoms with E-state index in [0.29, 0.717) is 41.0 Å². The summed E-state index contributed by atoms with van der Waals surface area (Å²) in [5.74, 6) is 1.58. The number of carbonyl (C=O) groups is 1. The second kappa shape index (κ2) is 7.74. The molecule has 0 aliphatic carbocycles. The van der Waals surface area contributed by atoms with Gasteiger partial charge in [0.05, 0.1) is 13.2 Å². The first-order chi connectivity index (χ1) is 10.6. The van der Waals surface area contributed by atoms with Crippen molar-refractivity contribution in [1.29, 1.82) is 0 Å². The van der Waals surface area contributed by atoms with E-state index < -0.39 is 6.03 Å². The molecule has 2 aromatic rings. The largest absolute Gasteiger partial charge is 0.490 e. The predicted molar refractivity (Wildman–Crippen MR) is 87.8 cm³/mol. The zero-order valence-electron chi connectivity index (χ0n) is 12.3. The van der Waals surface area contributed by atoms with Gasteiger partial charge < -0.3 is 19.2 Å². The van der Waals surface area contributed by atoms with E-state index in [1.165, 1.54) is 0 Å². The highest BCUT2D eigenvalue weighted by Gasteiger charge is 2.09. The van der Waals surface area contributed by atoms with Crippen LogP contribution in [0.25, 0.3) is 0 Å². The Bertz CT molecular complexity index is 642. The standard InChI is InChI=1S/C15H17BrN2O4/c1-3-20-11-6-5-10(9-12(11)21-4-2)17-15(19)18-14-8-7-13(16)22-14/h5-9H,3-4H2,1-2H3,(H2,17,18,19). The number of nitrogens with one attached hydrogen (secondary N) is 2. The summed E-state index contributed by atoms with van der Waals surface area (Å²) < 4.78 is 16.7. The van der Waals surface area contributed by atoms with Crippen molar-refractivity contribution in [3.8, 4) is 11.5 Å². The maximum Gasteiger partial charge on any atom is 0.326 e. The van der Waals surface area contributed by atoms with E-state index in [4.69, 9.17) is 13.9 Å². The molecule has 0 saturated heterocycles. The summed E-state index contributed by atoms with van der Waals surface area (Å²) in [5.41, 5.74) is 0.593. The molecule has 0 bridgehead atoms. The van der Waals surface area contributed by atoms with Crippen LogP contribution in [0.4, 0.5) is 16.4 Å². The third-order valence-electron chi connectivity index (χ3n) is 2.61. The van der Waals surface area contributed by atoms with Crippen molar-refractivity contribution in [1.82, 2.24) is 0 Å². The van der Waals surface area contributed by atoms with Crippen molar-refractivity contribution in [3.63, 3.8) is 0 Å². The number of ether oxygens (including phenoxy) is 2. The van der Waals surface area contributed by atoms with Gasteiger partial charge in [0.2, 0.25) is 5.88 Å². The number of urea groups is 1. The van der Waals surface area contributed by atoms with Crippen LogP contribution in [0.2, 0.25) is 0 Å². The van der Waals surface area contributed by atoms with Crippen molar-refractivity contribution in [2.75, 3.05) is 23.8 Å². The molecule has 1 aromatic heterocycles. The highest BCUT2D eigenvalue weighted by atomic mass is 79.9. The molecule has 1 heterocycles. The maximum absolute atomic E-state index is 11.9. The molecule has 2 amide bonds. The molecule has 7 heteroatoms. The molecule has 0 fully saturated rings. The zero-order chi connectivity index (χ0) is 15.9. The number of furan rings is 1. The molecule has 0 unspecified atom stereocenters. The van der Waals surface area contributed by atoms with Crippen molar-refractivity contribution in [2.45, 2.75) is 13.8 Å². The van der Waals surface area contributed by atoms with Gasteiger partial charge in [-0.25, -0.2) is 4.79 Å². The first-order valence-electron chi connectivity index (χ1n) is 6.85. The van der Waals surface area contributed by atoms with Gasteiger partial charge in [0, 0.05) is 17.8 Å². The van der Waals surface area contributed by atoms with Crippen LogP contribution < -0.4 is 20.1 Å². The van der Waals surface area contributed by atoms with Crippen LogP contribution in [-0.4, -0.2) is 19.2 Å². The Hall–Kier alpha value is -2.15. The molecule has 6 nitrogen and oxygen atoms in total. The Morgan fingerprint density at radius 2 is 1.82 bits per heavy atom. The fourth-order valence-electron chi connectivity index (χ4n) is 1.78. The molecule has 118 valence electrons. The minimum atomic E-state index is -0.409. The maximum atomic E-state index is 11.9. The first kappa shape index (κ1) is 16.2. The molecular weight excluding hydrogens is 352 g/mol. The van der Waals surface area contributed by atoms with E-state index >= 15 is 0 Å². The molecule has 0 aliphatic rings. The van der Waals surface area contributed by atoms with Crippen LogP contribution in [0, 0.1) is 0 Å². The molecule has 0 aliphatic heterocycles. The first-order valence-corrected chi connectivity index (χ1v) is 7.64. The van der Waals surface area contributed by atoms with Crippen LogP contribution in [0.15, 0.2) is 39.4 Å². The second-order valence-corrected chi connectivity index (χ2v) is 4.99. The van der Waals surface area contributed by atoms with Gasteiger partial charge in [-0.2, -0.15) is 0 Å². The van der Waals surface area contributed by atoms with Crippen LogP contribution in [0.1, 0.15) is 13.8 Å². The average Bonchev–Trinajstić information content (AvgIpc) is 2.87. The Labute approximate surface area is 136 Å². The number of benzene rings is 1. The number of hydrogen-bond donors (Lipinski definition) is 2. The SMILES string of the molecule is CCOc1ccc(NC(=O)Nc2ccc(Br)o2)cc1OCC. The number of rotatable bonds is 6. The van der Waals surface area contributed by atoms with Gasteiger partial charge in [0.1, 0.15) is 0 Å². The van der Waals surface area contributed by atoms with Crippen molar-refractivity contribution in [3.05, 3.63) is 35.0 Å². The summed E-state index contributed by atoms with van der Waals surface area (Å²) in [4.78, 5) is 11.9. The number of hydrogen-bond acceptors (Lipinski definition) is 4. The molecule has 0 spiro atoms. The lowest BCUT2D eigenvalue weighted by molar-refractivity contribution is 0.261. The number of carbonyl (C=O) groups excluding carboxylic acids is 1. The Kier molecular flexibility index (Phi) is 5.71. The van der Waals surface area contributed by atoms with Crippen molar-refractivity contribution >= 4 is 33.5 Å². The fourth-order valence-corrected chi connectivity index (χ4v) is 2.09. The van der Waals surface area contributed by atoms with Crippen LogP contribution in [-0.2, 0) is 0 Å². The highest BCUT2D eigenvalue weighted by Crippen LogP contribution is 2.30. The molecule has 22 heavy (non-hydrogen) atoms. The van der Waals surface area contributed by atoms with E-state index in [1.807, 2.05) is 13.8 Å². The van der Waals surface area contributed by atoms with Gasteiger partial charge in [-0.05, 0) is 48.0 Å². The summed E-state index contributed by atoms with van der Waals surface area (Å²) in [6.45, 7) is 4.84. The summed E-state index contributed by atoms with van der Waals surface area (Å²) in [6.07, 6.45) is 0. The quantitative estimate of drug-likeness (QED) is 0.787. The van der Waals surface area contributed by atoms with E-state index in [9.17, 15) is 4.79 Å². The van der Waals surface area contributed by atoms with E-state index in [0.717, 1.165) is 0 Å². The lowest BCUT2D eigenvalue weighted by Crippen LogP contribution is -2.19. The normalized spacial score (nSPS) is 10.1. The third-order valence-corrected chi connectivity index (χ3v) is 3.04. The van der Waals surface area contributed by atoms with Gasteiger partial charge in [0.15, 0.2) is 16.2 Å². The number of amides is 2. The van der Waals surface area contributed by atoms with Crippen LogP contribution >= 0.6 is 15.9 Å². The molecule has 1 aromatic carbocycles. The van der Waals surface area contributed by atoms with Gasteiger partial charge in [0.25, 0.3) is 0 Å². The molecule has 0 atom stereocenters. The monoisotopic (exact) mass is 368 g/mol. The fraction of sp³-hybridized carbons (Fsp3) is 0.267. The second-order valence-electron chi connectivity index (χ2n) is 4.21. The summed E-state index contributed by atoms with van der Waals surface area (Å²) in [6, 6.07) is 8.14. The van der Waals surface area contributed by atoms with Gasteiger partial charge in [-0.3, -0.25) is 5.32 Å². The Morgan fingerprint density at radius 3 is 2.45 bits per heavy atom. The zero-order valence-corrected chi connectivity index (χ0v) is 13.9. The Morgan fingerprint density at radius 1 is 1.09 bits per heavy atom. The van der Waals surface area contributed by atoms with Gasteiger partial charge in [-0.15, -0.1) is 0 Å². The van der Waals surface area contributed by atoms with Crippen LogP contribution in [0.5, 0.6) is 11.5 Å². The Balaban J connectivity index is 2.05. The van der Waals surface area contributed by atoms with E-state index in [1.54, 1.807) is 30.3 Å². The smallest absolute Gasteiger partial charge is 0.326 e. The van der Waals surface area contributed by atoms with Gasteiger partial charge in [-0.1, -0.05) is 0 Å². The minimum absolute atomic E-state index is 0.348. The minimum Gasteiger partial charge on any atom is -0.490 e. The van der Waals surface area contributed by atoms with E-state index in [2.05, 4.69) is 26.6 Å². The molecule has 2 N–H and O–H groups in total. The van der Waals surface area contributed by atoms with Crippen LogP contribution in [0.3, 0.4) is 0 Å². The summed E-state index contributed by atoms with van der Waals surface area (Å²) in [5, 5.41) is 5.29. The molecule has 0 saturated carbocycles.